The zero-order valence-electron chi connectivity index (χ0n) is 27.0. The number of para-hydroxylation sites is 2. The number of nitrogens with zero attached hydrogens (tertiary/aromatic N) is 3. The van der Waals surface area contributed by atoms with Crippen LogP contribution < -0.4 is 10.2 Å². The van der Waals surface area contributed by atoms with Crippen molar-refractivity contribution in [1.29, 1.82) is 0 Å². The molecule has 1 fully saturated rings. The summed E-state index contributed by atoms with van der Waals surface area (Å²) in [5, 5.41) is 2.90. The molecule has 0 saturated carbocycles. The first-order valence-corrected chi connectivity index (χ1v) is 16.1. The molecule has 246 valence electrons. The Labute approximate surface area is 279 Å². The molecular formula is C39H38F2N4O3. The number of fused-ring (bicyclic) bond motifs is 1. The summed E-state index contributed by atoms with van der Waals surface area (Å²) in [5.74, 6) is -4.63. The van der Waals surface area contributed by atoms with Crippen LogP contribution in [-0.4, -0.2) is 73.2 Å². The Kier molecular flexibility index (Phi) is 9.50. The first kappa shape index (κ1) is 32.8. The molecule has 3 amide bonds. The molecule has 2 heterocycles. The summed E-state index contributed by atoms with van der Waals surface area (Å²) in [6.07, 6.45) is 1.96. The maximum absolute atomic E-state index is 15.9. The number of hydrogen-bond acceptors (Lipinski definition) is 4. The predicted molar refractivity (Wildman–Crippen MR) is 185 cm³/mol. The minimum Gasteiger partial charge on any atom is -0.339 e. The second-order valence-electron chi connectivity index (χ2n) is 12.5. The van der Waals surface area contributed by atoms with Gasteiger partial charge in [-0.25, -0.2) is 8.78 Å². The highest BCUT2D eigenvalue weighted by molar-refractivity contribution is 6.13. The van der Waals surface area contributed by atoms with Crippen LogP contribution >= 0.6 is 0 Å². The summed E-state index contributed by atoms with van der Waals surface area (Å²) in [7, 11) is 4.00. The normalized spacial score (nSPS) is 17.1. The molecule has 0 radical (unpaired) electrons. The van der Waals surface area contributed by atoms with E-state index in [4.69, 9.17) is 0 Å². The number of rotatable bonds is 6. The Balaban J connectivity index is 1.34. The number of halogens is 2. The monoisotopic (exact) mass is 648 g/mol. The van der Waals surface area contributed by atoms with E-state index < -0.39 is 24.2 Å². The lowest BCUT2D eigenvalue weighted by Gasteiger charge is -2.35. The van der Waals surface area contributed by atoms with Crippen molar-refractivity contribution < 1.29 is 23.2 Å². The molecule has 2 aliphatic rings. The summed E-state index contributed by atoms with van der Waals surface area (Å²) in [5.41, 5.74) is 2.57. The molecule has 0 atom stereocenters. The van der Waals surface area contributed by atoms with Gasteiger partial charge in [-0.15, -0.1) is 0 Å². The first-order chi connectivity index (χ1) is 23.1. The van der Waals surface area contributed by atoms with Crippen LogP contribution in [0.25, 0.3) is 16.7 Å². The molecule has 0 bridgehead atoms. The lowest BCUT2D eigenvalue weighted by molar-refractivity contribution is -0.127. The van der Waals surface area contributed by atoms with Crippen molar-refractivity contribution in [3.8, 4) is 11.1 Å². The second kappa shape index (κ2) is 13.9. The fourth-order valence-corrected chi connectivity index (χ4v) is 6.46. The lowest BCUT2D eigenvalue weighted by Crippen LogP contribution is -2.44. The van der Waals surface area contributed by atoms with Gasteiger partial charge in [0.05, 0.1) is 5.69 Å². The van der Waals surface area contributed by atoms with Gasteiger partial charge in [-0.2, -0.15) is 0 Å². The zero-order valence-corrected chi connectivity index (χ0v) is 27.0. The van der Waals surface area contributed by atoms with E-state index in [9.17, 15) is 14.4 Å². The molecule has 9 heteroatoms. The third-order valence-corrected chi connectivity index (χ3v) is 9.18. The van der Waals surface area contributed by atoms with Crippen LogP contribution in [-0.2, 0) is 4.79 Å². The Hall–Kier alpha value is -5.15. The van der Waals surface area contributed by atoms with E-state index in [0.29, 0.717) is 41.6 Å². The SMILES string of the molecule is CN(C)C1CCN(C(=O)/C=C2/c3ccccc3N(C(=O)c3ccc(C(=O)Nc4ccccc4)c(-c4ccccc4)c3)CCC2(F)F)CC1. The number of amides is 3. The standard InChI is InChI=1S/C39H38F2N4O3/c1-43(2)30-19-22-44(23-20-30)36(46)26-34-32-15-9-10-16-35(32)45(24-21-39(34,40)41)38(48)28-17-18-31(33(25-28)27-11-5-3-6-12-27)37(47)42-29-13-7-4-8-14-29/h3-18,25-26,30H,19-24H2,1-2H3,(H,42,47)/b34-26-. The second-order valence-corrected chi connectivity index (χ2v) is 12.5. The van der Waals surface area contributed by atoms with E-state index in [1.807, 2.05) is 62.6 Å². The van der Waals surface area contributed by atoms with Crippen molar-refractivity contribution in [3.63, 3.8) is 0 Å². The molecule has 1 saturated heterocycles. The van der Waals surface area contributed by atoms with Gasteiger partial charge in [-0.1, -0.05) is 66.7 Å². The number of likely N-dealkylation sites (tertiary alicyclic amines) is 1. The summed E-state index contributed by atoms with van der Waals surface area (Å²) < 4.78 is 31.8. The molecule has 4 aromatic rings. The minimum atomic E-state index is -3.35. The van der Waals surface area contributed by atoms with E-state index in [1.54, 1.807) is 59.5 Å². The van der Waals surface area contributed by atoms with Crippen molar-refractivity contribution in [3.05, 3.63) is 126 Å². The highest BCUT2D eigenvalue weighted by Crippen LogP contribution is 2.43. The summed E-state index contributed by atoms with van der Waals surface area (Å²) in [6, 6.07) is 29.9. The third kappa shape index (κ3) is 6.92. The number of benzene rings is 4. The number of nitrogens with one attached hydrogen (secondary N) is 1. The van der Waals surface area contributed by atoms with Crippen LogP contribution in [0.15, 0.2) is 109 Å². The van der Waals surface area contributed by atoms with Gasteiger partial charge < -0.3 is 20.0 Å². The highest BCUT2D eigenvalue weighted by atomic mass is 19.3. The largest absolute Gasteiger partial charge is 0.339 e. The topological polar surface area (TPSA) is 73.0 Å². The van der Waals surface area contributed by atoms with Gasteiger partial charge in [0.15, 0.2) is 0 Å². The van der Waals surface area contributed by atoms with Gasteiger partial charge in [0, 0.05) is 66.1 Å². The molecule has 0 aliphatic carbocycles. The van der Waals surface area contributed by atoms with Crippen LogP contribution in [0.2, 0.25) is 0 Å². The summed E-state index contributed by atoms with van der Waals surface area (Å²) in [6.45, 7) is 0.721. The van der Waals surface area contributed by atoms with E-state index >= 15 is 8.78 Å². The van der Waals surface area contributed by atoms with Gasteiger partial charge in [0.25, 0.3) is 17.7 Å². The van der Waals surface area contributed by atoms with Gasteiger partial charge in [0.2, 0.25) is 5.91 Å². The third-order valence-electron chi connectivity index (χ3n) is 9.18. The Morgan fingerprint density at radius 3 is 2.15 bits per heavy atom. The molecular weight excluding hydrogens is 610 g/mol. The van der Waals surface area contributed by atoms with Gasteiger partial charge in [0.1, 0.15) is 0 Å². The molecule has 2 aliphatic heterocycles. The van der Waals surface area contributed by atoms with Gasteiger partial charge in [-0.05, 0) is 74.5 Å². The predicted octanol–water partition coefficient (Wildman–Crippen LogP) is 7.23. The number of piperidine rings is 1. The molecule has 0 aromatic heterocycles. The maximum Gasteiger partial charge on any atom is 0.275 e. The van der Waals surface area contributed by atoms with Crippen LogP contribution in [0, 0.1) is 0 Å². The minimum absolute atomic E-state index is 0.145. The first-order valence-electron chi connectivity index (χ1n) is 16.1. The van der Waals surface area contributed by atoms with Gasteiger partial charge >= 0.3 is 0 Å². The van der Waals surface area contributed by atoms with Crippen LogP contribution in [0.3, 0.4) is 0 Å². The fourth-order valence-electron chi connectivity index (χ4n) is 6.46. The molecule has 48 heavy (non-hydrogen) atoms. The van der Waals surface area contributed by atoms with Crippen molar-refractivity contribution in [1.82, 2.24) is 9.80 Å². The average molecular weight is 649 g/mol. The lowest BCUT2D eigenvalue weighted by atomic mass is 9.95. The summed E-state index contributed by atoms with van der Waals surface area (Å²) in [4.78, 5) is 46.1. The van der Waals surface area contributed by atoms with Crippen LogP contribution in [0.4, 0.5) is 20.2 Å². The molecule has 6 rings (SSSR count). The quantitative estimate of drug-likeness (QED) is 0.224. The van der Waals surface area contributed by atoms with E-state index in [2.05, 4.69) is 10.2 Å². The number of carbonyl (C=O) groups excluding carboxylic acids is 3. The molecule has 4 aromatic carbocycles. The molecule has 0 spiro atoms. The van der Waals surface area contributed by atoms with Crippen molar-refractivity contribution in [2.24, 2.45) is 0 Å². The fraction of sp³-hybridized carbons (Fsp3) is 0.256. The van der Waals surface area contributed by atoms with Gasteiger partial charge in [-0.3, -0.25) is 14.4 Å². The van der Waals surface area contributed by atoms with E-state index in [-0.39, 0.29) is 29.2 Å². The van der Waals surface area contributed by atoms with Crippen molar-refractivity contribution in [2.45, 2.75) is 31.2 Å². The Bertz CT molecular complexity index is 1830. The van der Waals surface area contributed by atoms with Crippen LogP contribution in [0.1, 0.15) is 45.5 Å². The Morgan fingerprint density at radius 2 is 1.46 bits per heavy atom. The van der Waals surface area contributed by atoms with Crippen molar-refractivity contribution >= 4 is 34.7 Å². The highest BCUT2D eigenvalue weighted by Gasteiger charge is 2.42. The number of alkyl halides is 2. The average Bonchev–Trinajstić information content (AvgIpc) is 3.21. The summed E-state index contributed by atoms with van der Waals surface area (Å²) >= 11 is 0. The Morgan fingerprint density at radius 1 is 0.812 bits per heavy atom. The number of allylic oxidation sites excluding steroid dienone is 1. The number of hydrogen-bond donors (Lipinski definition) is 1. The zero-order chi connectivity index (χ0) is 33.8. The van der Waals surface area contributed by atoms with Crippen molar-refractivity contribution in [2.75, 3.05) is 43.9 Å². The maximum atomic E-state index is 15.9. The number of carbonyl (C=O) groups is 3. The smallest absolute Gasteiger partial charge is 0.275 e. The molecule has 1 N–H and O–H groups in total. The number of anilines is 2. The van der Waals surface area contributed by atoms with E-state index in [0.717, 1.165) is 24.5 Å². The molecule has 0 unspecified atom stereocenters. The van der Waals surface area contributed by atoms with Crippen LogP contribution in [0.5, 0.6) is 0 Å². The van der Waals surface area contributed by atoms with E-state index in [1.165, 1.54) is 4.90 Å². The molecule has 7 nitrogen and oxygen atoms in total.